The zero-order valence-corrected chi connectivity index (χ0v) is 16.5. The van der Waals surface area contributed by atoms with Gasteiger partial charge in [-0.2, -0.15) is 0 Å². The smallest absolute Gasteiger partial charge is 0.319 e. The SMILES string of the molecule is Cc1noc(C)c1NC(=O)N[C@@H]1CC[C@H](CCNC(=O)C2CCC2)O[C@@H]1CO. The van der Waals surface area contributed by atoms with E-state index in [9.17, 15) is 14.7 Å². The lowest BCUT2D eigenvalue weighted by atomic mass is 9.85. The maximum atomic E-state index is 12.3. The van der Waals surface area contributed by atoms with Gasteiger partial charge in [0.1, 0.15) is 17.5 Å². The monoisotopic (exact) mass is 394 g/mol. The van der Waals surface area contributed by atoms with Crippen LogP contribution in [0.5, 0.6) is 0 Å². The van der Waals surface area contributed by atoms with E-state index in [-0.39, 0.29) is 36.6 Å². The molecule has 3 atom stereocenters. The lowest BCUT2D eigenvalue weighted by Gasteiger charge is -2.36. The van der Waals surface area contributed by atoms with Gasteiger partial charge < -0.3 is 30.3 Å². The largest absolute Gasteiger partial charge is 0.394 e. The second-order valence-corrected chi connectivity index (χ2v) is 7.67. The van der Waals surface area contributed by atoms with Crippen molar-refractivity contribution < 1.29 is 24.0 Å². The number of carbonyl (C=O) groups is 2. The Balaban J connectivity index is 1.42. The molecule has 9 nitrogen and oxygen atoms in total. The number of anilines is 1. The summed E-state index contributed by atoms with van der Waals surface area (Å²) in [6.07, 6.45) is 4.75. The molecule has 1 aromatic rings. The van der Waals surface area contributed by atoms with Gasteiger partial charge in [-0.3, -0.25) is 4.79 Å². The Bertz CT molecular complexity index is 668. The first-order valence-electron chi connectivity index (χ1n) is 10.0. The number of carbonyl (C=O) groups excluding carboxylic acids is 2. The van der Waals surface area contributed by atoms with Gasteiger partial charge in [-0.15, -0.1) is 0 Å². The highest BCUT2D eigenvalue weighted by molar-refractivity contribution is 5.90. The first-order chi connectivity index (χ1) is 13.5. The second-order valence-electron chi connectivity index (χ2n) is 7.67. The molecule has 2 heterocycles. The van der Waals surface area contributed by atoms with Gasteiger partial charge in [0.05, 0.1) is 18.8 Å². The highest BCUT2D eigenvalue weighted by Crippen LogP contribution is 2.26. The summed E-state index contributed by atoms with van der Waals surface area (Å²) < 4.78 is 11.0. The first kappa shape index (κ1) is 20.6. The summed E-state index contributed by atoms with van der Waals surface area (Å²) in [6.45, 7) is 3.87. The van der Waals surface area contributed by atoms with Crippen molar-refractivity contribution in [1.82, 2.24) is 15.8 Å². The molecule has 0 radical (unpaired) electrons. The molecule has 3 amide bonds. The average molecular weight is 394 g/mol. The quantitative estimate of drug-likeness (QED) is 0.557. The second kappa shape index (κ2) is 9.38. The molecule has 9 heteroatoms. The Kier molecular flexibility index (Phi) is 6.90. The molecular formula is C19H30N4O5. The molecule has 2 fully saturated rings. The van der Waals surface area contributed by atoms with Crippen molar-refractivity contribution in [3.8, 4) is 0 Å². The van der Waals surface area contributed by atoms with Gasteiger partial charge in [0, 0.05) is 12.5 Å². The van der Waals surface area contributed by atoms with Crippen LogP contribution >= 0.6 is 0 Å². The van der Waals surface area contributed by atoms with Crippen LogP contribution in [0.2, 0.25) is 0 Å². The van der Waals surface area contributed by atoms with Crippen molar-refractivity contribution in [2.75, 3.05) is 18.5 Å². The molecule has 28 heavy (non-hydrogen) atoms. The van der Waals surface area contributed by atoms with Crippen molar-refractivity contribution in [1.29, 1.82) is 0 Å². The van der Waals surface area contributed by atoms with Crippen LogP contribution in [0.1, 0.15) is 50.0 Å². The van der Waals surface area contributed by atoms with E-state index in [1.165, 1.54) is 0 Å². The summed E-state index contributed by atoms with van der Waals surface area (Å²) in [5.74, 6) is 0.855. The number of nitrogens with zero attached hydrogens (tertiary/aromatic N) is 1. The Morgan fingerprint density at radius 2 is 2.00 bits per heavy atom. The van der Waals surface area contributed by atoms with Crippen LogP contribution in [-0.4, -0.2) is 53.6 Å². The van der Waals surface area contributed by atoms with Crippen LogP contribution in [-0.2, 0) is 9.53 Å². The van der Waals surface area contributed by atoms with Crippen molar-refractivity contribution >= 4 is 17.6 Å². The first-order valence-corrected chi connectivity index (χ1v) is 10.0. The highest BCUT2D eigenvalue weighted by Gasteiger charge is 2.32. The molecule has 1 aliphatic heterocycles. The van der Waals surface area contributed by atoms with E-state index in [1.807, 2.05) is 0 Å². The van der Waals surface area contributed by atoms with Gasteiger partial charge in [0.2, 0.25) is 5.91 Å². The molecule has 2 aliphatic rings. The molecule has 1 saturated heterocycles. The average Bonchev–Trinajstić information content (AvgIpc) is 2.93. The van der Waals surface area contributed by atoms with Gasteiger partial charge in [-0.25, -0.2) is 4.79 Å². The minimum atomic E-state index is -0.475. The number of aryl methyl sites for hydroxylation is 2. The number of nitrogens with one attached hydrogen (secondary N) is 3. The number of hydrogen-bond acceptors (Lipinski definition) is 6. The molecule has 0 bridgehead atoms. The van der Waals surface area contributed by atoms with E-state index < -0.39 is 6.10 Å². The number of hydrogen-bond donors (Lipinski definition) is 4. The van der Waals surface area contributed by atoms with E-state index in [0.29, 0.717) is 36.5 Å². The fourth-order valence-electron chi connectivity index (χ4n) is 3.66. The number of ether oxygens (including phenoxy) is 1. The minimum absolute atomic E-state index is 0.0393. The molecule has 1 aromatic heterocycles. The topological polar surface area (TPSA) is 126 Å². The normalized spacial score (nSPS) is 25.0. The molecule has 4 N–H and O–H groups in total. The summed E-state index contributed by atoms with van der Waals surface area (Å²) in [6, 6.07) is -0.668. The van der Waals surface area contributed by atoms with Gasteiger partial charge in [0.15, 0.2) is 5.76 Å². The van der Waals surface area contributed by atoms with E-state index in [2.05, 4.69) is 21.1 Å². The molecular weight excluding hydrogens is 364 g/mol. The Hall–Kier alpha value is -2.13. The number of rotatable bonds is 7. The maximum Gasteiger partial charge on any atom is 0.319 e. The molecule has 0 aromatic carbocycles. The fourth-order valence-corrected chi connectivity index (χ4v) is 3.66. The predicted octanol–water partition coefficient (Wildman–Crippen LogP) is 1.63. The van der Waals surface area contributed by atoms with Crippen molar-refractivity contribution in [3.05, 3.63) is 11.5 Å². The highest BCUT2D eigenvalue weighted by atomic mass is 16.5. The van der Waals surface area contributed by atoms with Gasteiger partial charge in [0.25, 0.3) is 0 Å². The third kappa shape index (κ3) is 5.02. The molecule has 1 aliphatic carbocycles. The van der Waals surface area contributed by atoms with Crippen LogP contribution in [0.15, 0.2) is 4.52 Å². The zero-order valence-electron chi connectivity index (χ0n) is 16.5. The van der Waals surface area contributed by atoms with E-state index in [4.69, 9.17) is 9.26 Å². The van der Waals surface area contributed by atoms with E-state index >= 15 is 0 Å². The molecule has 3 rings (SSSR count). The number of urea groups is 1. The molecule has 0 unspecified atom stereocenters. The molecule has 0 spiro atoms. The van der Waals surface area contributed by atoms with E-state index in [1.54, 1.807) is 13.8 Å². The molecule has 156 valence electrons. The summed E-state index contributed by atoms with van der Waals surface area (Å²) in [5, 5.41) is 22.0. The van der Waals surface area contributed by atoms with Crippen LogP contribution in [0.4, 0.5) is 10.5 Å². The van der Waals surface area contributed by atoms with Crippen molar-refractivity contribution in [2.24, 2.45) is 5.92 Å². The van der Waals surface area contributed by atoms with Gasteiger partial charge >= 0.3 is 6.03 Å². The van der Waals surface area contributed by atoms with E-state index in [0.717, 1.165) is 25.7 Å². The summed E-state index contributed by atoms with van der Waals surface area (Å²) in [4.78, 5) is 24.2. The third-order valence-corrected chi connectivity index (χ3v) is 5.63. The fraction of sp³-hybridized carbons (Fsp3) is 0.737. The Morgan fingerprint density at radius 3 is 2.61 bits per heavy atom. The van der Waals surface area contributed by atoms with Crippen molar-refractivity contribution in [3.63, 3.8) is 0 Å². The summed E-state index contributed by atoms with van der Waals surface area (Å²) in [7, 11) is 0. The number of amides is 3. The summed E-state index contributed by atoms with van der Waals surface area (Å²) in [5.41, 5.74) is 1.16. The predicted molar refractivity (Wildman–Crippen MR) is 102 cm³/mol. The lowest BCUT2D eigenvalue weighted by molar-refractivity contribution is -0.127. The number of aromatic nitrogens is 1. The van der Waals surface area contributed by atoms with Crippen LogP contribution < -0.4 is 16.0 Å². The van der Waals surface area contributed by atoms with Gasteiger partial charge in [-0.05, 0) is 46.0 Å². The summed E-state index contributed by atoms with van der Waals surface area (Å²) >= 11 is 0. The Labute approximate surface area is 164 Å². The lowest BCUT2D eigenvalue weighted by Crippen LogP contribution is -2.52. The van der Waals surface area contributed by atoms with Crippen LogP contribution in [0.25, 0.3) is 0 Å². The standard InChI is InChI=1S/C19H30N4O5/c1-11-17(12(2)28-23-11)22-19(26)21-15-7-6-14(27-16(15)10-24)8-9-20-18(25)13-4-3-5-13/h13-16,24H,3-10H2,1-2H3,(H,20,25)(H2,21,22,26)/t14-,15-,16-/m1/s1. The van der Waals surface area contributed by atoms with Crippen molar-refractivity contribution in [2.45, 2.75) is 70.6 Å². The third-order valence-electron chi connectivity index (χ3n) is 5.63. The minimum Gasteiger partial charge on any atom is -0.394 e. The maximum absolute atomic E-state index is 12.3. The Morgan fingerprint density at radius 1 is 1.21 bits per heavy atom. The number of aliphatic hydroxyl groups excluding tert-OH is 1. The zero-order chi connectivity index (χ0) is 20.1. The van der Waals surface area contributed by atoms with Crippen LogP contribution in [0.3, 0.4) is 0 Å². The van der Waals surface area contributed by atoms with Crippen LogP contribution in [0, 0.1) is 19.8 Å². The number of aliphatic hydroxyl groups is 1. The van der Waals surface area contributed by atoms with Gasteiger partial charge in [-0.1, -0.05) is 11.6 Å². The molecule has 1 saturated carbocycles.